The van der Waals surface area contributed by atoms with E-state index in [1.165, 1.54) is 11.3 Å². The van der Waals surface area contributed by atoms with Gasteiger partial charge in [-0.15, -0.1) is 12.4 Å². The highest BCUT2D eigenvalue weighted by Crippen LogP contribution is 2.40. The van der Waals surface area contributed by atoms with Crippen LogP contribution in [0, 0.1) is 0 Å². The van der Waals surface area contributed by atoms with Crippen LogP contribution in [0.4, 0.5) is 5.13 Å². The first kappa shape index (κ1) is 26.5. The van der Waals surface area contributed by atoms with Gasteiger partial charge in [-0.05, 0) is 51.3 Å². The zero-order valence-electron chi connectivity index (χ0n) is 19.7. The number of anilines is 1. The Morgan fingerprint density at radius 1 is 0.909 bits per heavy atom. The number of ether oxygens (including phenoxy) is 4. The number of rotatable bonds is 10. The van der Waals surface area contributed by atoms with E-state index in [1.807, 2.05) is 26.2 Å². The maximum Gasteiger partial charge on any atom is 0.260 e. The van der Waals surface area contributed by atoms with Crippen LogP contribution >= 0.6 is 23.7 Å². The van der Waals surface area contributed by atoms with Crippen LogP contribution in [0.3, 0.4) is 0 Å². The van der Waals surface area contributed by atoms with Gasteiger partial charge < -0.3 is 23.8 Å². The number of nitrogens with zero attached hydrogens (tertiary/aromatic N) is 3. The predicted molar refractivity (Wildman–Crippen MR) is 134 cm³/mol. The standard InChI is InChI=1S/C23H29N3O5S.ClH/c1-25(2)10-7-11-26(22(27)15-12-16(28-3)14-17(13-15)29-4)23-24-20-18(30-5)8-9-19(31-6)21(20)32-23;/h8-9,12-14H,7,10-11H2,1-6H3;1H. The lowest BCUT2D eigenvalue weighted by Gasteiger charge is -2.21. The van der Waals surface area contributed by atoms with Gasteiger partial charge in [-0.1, -0.05) is 11.3 Å². The zero-order valence-corrected chi connectivity index (χ0v) is 21.3. The molecule has 1 amide bonds. The number of carbonyl (C=O) groups excluding carboxylic acids is 1. The number of thiazole rings is 1. The number of carbonyl (C=O) groups is 1. The van der Waals surface area contributed by atoms with E-state index in [1.54, 1.807) is 51.5 Å². The van der Waals surface area contributed by atoms with Gasteiger partial charge in [-0.2, -0.15) is 0 Å². The fourth-order valence-corrected chi connectivity index (χ4v) is 4.40. The van der Waals surface area contributed by atoms with Crippen LogP contribution in [0.1, 0.15) is 16.8 Å². The van der Waals surface area contributed by atoms with Crippen molar-refractivity contribution in [2.24, 2.45) is 0 Å². The molecule has 10 heteroatoms. The van der Waals surface area contributed by atoms with Crippen LogP contribution < -0.4 is 23.8 Å². The van der Waals surface area contributed by atoms with Crippen molar-refractivity contribution in [1.82, 2.24) is 9.88 Å². The Hall–Kier alpha value is -2.75. The number of hydrogen-bond donors (Lipinski definition) is 0. The molecule has 33 heavy (non-hydrogen) atoms. The summed E-state index contributed by atoms with van der Waals surface area (Å²) in [5.74, 6) is 2.24. The maximum atomic E-state index is 13.6. The molecule has 0 aliphatic carbocycles. The number of methoxy groups -OCH3 is 4. The SMILES string of the molecule is COc1cc(OC)cc(C(=O)N(CCCN(C)C)c2nc3c(OC)ccc(OC)c3s2)c1.Cl. The summed E-state index contributed by atoms with van der Waals surface area (Å²) in [5, 5.41) is 0.577. The second-order valence-electron chi connectivity index (χ2n) is 7.36. The summed E-state index contributed by atoms with van der Waals surface area (Å²) in [5.41, 5.74) is 1.13. The molecule has 3 rings (SSSR count). The molecular formula is C23H30ClN3O5S. The molecule has 0 unspecified atom stereocenters. The summed E-state index contributed by atoms with van der Waals surface area (Å²) in [7, 11) is 10.3. The van der Waals surface area contributed by atoms with Crippen molar-refractivity contribution in [2.75, 3.05) is 60.5 Å². The summed E-state index contributed by atoms with van der Waals surface area (Å²) in [6.07, 6.45) is 0.782. The number of amides is 1. The van der Waals surface area contributed by atoms with E-state index in [2.05, 4.69) is 4.90 Å². The minimum absolute atomic E-state index is 0. The third-order valence-electron chi connectivity index (χ3n) is 4.96. The number of hydrogen-bond acceptors (Lipinski definition) is 8. The molecule has 2 aromatic carbocycles. The predicted octanol–water partition coefficient (Wildman–Crippen LogP) is 4.35. The van der Waals surface area contributed by atoms with Crippen molar-refractivity contribution in [3.8, 4) is 23.0 Å². The van der Waals surface area contributed by atoms with E-state index in [-0.39, 0.29) is 18.3 Å². The van der Waals surface area contributed by atoms with E-state index >= 15 is 0 Å². The van der Waals surface area contributed by atoms with Gasteiger partial charge in [0.25, 0.3) is 5.91 Å². The summed E-state index contributed by atoms with van der Waals surface area (Å²) in [6.45, 7) is 1.34. The third-order valence-corrected chi connectivity index (χ3v) is 6.05. The Bertz CT molecular complexity index is 1030. The Balaban J connectivity index is 0.00000385. The lowest BCUT2D eigenvalue weighted by atomic mass is 10.1. The molecule has 0 aliphatic heterocycles. The zero-order chi connectivity index (χ0) is 23.3. The minimum atomic E-state index is -0.182. The summed E-state index contributed by atoms with van der Waals surface area (Å²) in [4.78, 5) is 22.2. The van der Waals surface area contributed by atoms with Gasteiger partial charge in [0.1, 0.15) is 33.2 Å². The second-order valence-corrected chi connectivity index (χ2v) is 8.34. The van der Waals surface area contributed by atoms with Gasteiger partial charge in [-0.25, -0.2) is 4.98 Å². The molecule has 0 radical (unpaired) electrons. The van der Waals surface area contributed by atoms with Gasteiger partial charge in [-0.3, -0.25) is 9.69 Å². The average molecular weight is 496 g/mol. The molecule has 0 N–H and O–H groups in total. The highest BCUT2D eigenvalue weighted by molar-refractivity contribution is 7.22. The van der Waals surface area contributed by atoms with Crippen molar-refractivity contribution < 1.29 is 23.7 Å². The number of halogens is 1. The van der Waals surface area contributed by atoms with E-state index in [9.17, 15) is 4.79 Å². The van der Waals surface area contributed by atoms with Crippen molar-refractivity contribution >= 4 is 45.0 Å². The Morgan fingerprint density at radius 2 is 1.52 bits per heavy atom. The van der Waals surface area contributed by atoms with Crippen molar-refractivity contribution in [2.45, 2.75) is 6.42 Å². The third kappa shape index (κ3) is 5.98. The fourth-order valence-electron chi connectivity index (χ4n) is 3.31. The quantitative estimate of drug-likeness (QED) is 0.414. The van der Waals surface area contributed by atoms with E-state index < -0.39 is 0 Å². The highest BCUT2D eigenvalue weighted by atomic mass is 35.5. The highest BCUT2D eigenvalue weighted by Gasteiger charge is 2.24. The van der Waals surface area contributed by atoms with Crippen LogP contribution in [-0.4, -0.2) is 71.4 Å². The molecule has 8 nitrogen and oxygen atoms in total. The first-order valence-electron chi connectivity index (χ1n) is 10.1. The van der Waals surface area contributed by atoms with Gasteiger partial charge in [0, 0.05) is 18.2 Å². The fraction of sp³-hybridized carbons (Fsp3) is 0.391. The molecule has 1 heterocycles. The van der Waals surface area contributed by atoms with Crippen LogP contribution in [-0.2, 0) is 0 Å². The van der Waals surface area contributed by atoms with E-state index in [0.29, 0.717) is 45.8 Å². The molecule has 0 saturated carbocycles. The van der Waals surface area contributed by atoms with Gasteiger partial charge in [0.15, 0.2) is 5.13 Å². The second kappa shape index (κ2) is 11.9. The lowest BCUT2D eigenvalue weighted by molar-refractivity contribution is 0.0985. The molecule has 0 spiro atoms. The van der Waals surface area contributed by atoms with Gasteiger partial charge in [0.05, 0.1) is 28.4 Å². The van der Waals surface area contributed by atoms with Crippen molar-refractivity contribution in [1.29, 1.82) is 0 Å². The van der Waals surface area contributed by atoms with Crippen LogP contribution in [0.5, 0.6) is 23.0 Å². The Morgan fingerprint density at radius 3 is 2.06 bits per heavy atom. The first-order chi connectivity index (χ1) is 15.4. The summed E-state index contributed by atoms with van der Waals surface area (Å²) in [6, 6.07) is 8.81. The van der Waals surface area contributed by atoms with Crippen molar-refractivity contribution in [3.63, 3.8) is 0 Å². The van der Waals surface area contributed by atoms with Crippen LogP contribution in [0.2, 0.25) is 0 Å². The minimum Gasteiger partial charge on any atom is -0.497 e. The van der Waals surface area contributed by atoms with Crippen LogP contribution in [0.25, 0.3) is 10.2 Å². The van der Waals surface area contributed by atoms with Crippen molar-refractivity contribution in [3.05, 3.63) is 35.9 Å². The smallest absolute Gasteiger partial charge is 0.260 e. The number of aromatic nitrogens is 1. The molecule has 1 aromatic heterocycles. The maximum absolute atomic E-state index is 13.6. The monoisotopic (exact) mass is 495 g/mol. The molecule has 0 saturated heterocycles. The first-order valence-corrected chi connectivity index (χ1v) is 10.9. The lowest BCUT2D eigenvalue weighted by Crippen LogP contribution is -2.33. The van der Waals surface area contributed by atoms with Crippen LogP contribution in [0.15, 0.2) is 30.3 Å². The molecular weight excluding hydrogens is 466 g/mol. The van der Waals surface area contributed by atoms with E-state index in [0.717, 1.165) is 17.7 Å². The average Bonchev–Trinajstić information content (AvgIpc) is 3.25. The Labute approximate surface area is 204 Å². The molecule has 180 valence electrons. The Kier molecular flexibility index (Phi) is 9.57. The summed E-state index contributed by atoms with van der Waals surface area (Å²) < 4.78 is 22.5. The van der Waals surface area contributed by atoms with Gasteiger partial charge in [0.2, 0.25) is 0 Å². The number of benzene rings is 2. The molecule has 0 bridgehead atoms. The molecule has 0 atom stereocenters. The summed E-state index contributed by atoms with van der Waals surface area (Å²) >= 11 is 1.40. The molecule has 0 fully saturated rings. The normalized spacial score (nSPS) is 10.6. The molecule has 3 aromatic rings. The largest absolute Gasteiger partial charge is 0.497 e. The molecule has 0 aliphatic rings. The topological polar surface area (TPSA) is 73.4 Å². The van der Waals surface area contributed by atoms with E-state index in [4.69, 9.17) is 23.9 Å². The number of fused-ring (bicyclic) bond motifs is 1. The van der Waals surface area contributed by atoms with Gasteiger partial charge >= 0.3 is 0 Å².